The fourth-order valence-corrected chi connectivity index (χ4v) is 6.68. The highest BCUT2D eigenvalue weighted by atomic mass is 35.5. The molecule has 6 rings (SSSR count). The van der Waals surface area contributed by atoms with E-state index in [9.17, 15) is 10.1 Å². The second-order valence-electron chi connectivity index (χ2n) is 10.9. The van der Waals surface area contributed by atoms with Gasteiger partial charge in [0.2, 0.25) is 0 Å². The lowest BCUT2D eigenvalue weighted by atomic mass is 9.93. The zero-order valence-electron chi connectivity index (χ0n) is 23.7. The van der Waals surface area contributed by atoms with Crippen LogP contribution in [-0.4, -0.2) is 61.8 Å². The van der Waals surface area contributed by atoms with Gasteiger partial charge in [0.25, 0.3) is 5.91 Å². The van der Waals surface area contributed by atoms with Crippen molar-refractivity contribution in [2.75, 3.05) is 30.9 Å². The smallest absolute Gasteiger partial charge is 0.265 e. The van der Waals surface area contributed by atoms with Crippen molar-refractivity contribution < 1.29 is 9.53 Å². The number of thioether (sulfide) groups is 1. The maximum absolute atomic E-state index is 12.9. The molecule has 3 aromatic heterocycles. The molecule has 0 aliphatic carbocycles. The summed E-state index contributed by atoms with van der Waals surface area (Å²) in [5.41, 5.74) is 4.32. The van der Waals surface area contributed by atoms with Crippen LogP contribution in [0.15, 0.2) is 36.8 Å². The van der Waals surface area contributed by atoms with Crippen LogP contribution in [0.4, 0.5) is 5.69 Å². The molecule has 5 heterocycles. The van der Waals surface area contributed by atoms with Gasteiger partial charge in [0.05, 0.1) is 40.8 Å². The SMILES string of the molecule is CSC1CNCCC1n1ncc2c(-c3ccc4c(c3)OCC(=O)N4Cc3ncc(Cl)cn3)c(C#N)c(CC(C)C)nc21. The lowest BCUT2D eigenvalue weighted by Gasteiger charge is -2.31. The van der Waals surface area contributed by atoms with Gasteiger partial charge in [-0.2, -0.15) is 22.1 Å². The van der Waals surface area contributed by atoms with Gasteiger partial charge in [-0.1, -0.05) is 31.5 Å². The molecular weight excluding hydrogens is 572 g/mol. The number of piperidine rings is 1. The number of nitriles is 1. The number of hydrogen-bond acceptors (Lipinski definition) is 9. The van der Waals surface area contributed by atoms with Crippen LogP contribution in [0, 0.1) is 17.2 Å². The first-order chi connectivity index (χ1) is 20.4. The van der Waals surface area contributed by atoms with Gasteiger partial charge in [-0.25, -0.2) is 19.6 Å². The number of amides is 1. The molecule has 1 N–H and O–H groups in total. The Morgan fingerprint density at radius 1 is 1.26 bits per heavy atom. The lowest BCUT2D eigenvalue weighted by Crippen LogP contribution is -2.40. The molecule has 2 atom stereocenters. The number of rotatable bonds is 7. The molecule has 0 spiro atoms. The summed E-state index contributed by atoms with van der Waals surface area (Å²) in [6.45, 7) is 6.17. The highest BCUT2D eigenvalue weighted by Gasteiger charge is 2.31. The molecule has 2 aliphatic rings. The number of fused-ring (bicyclic) bond motifs is 2. The highest BCUT2D eigenvalue weighted by molar-refractivity contribution is 7.99. The van der Waals surface area contributed by atoms with Crippen LogP contribution in [0.1, 0.15) is 43.4 Å². The van der Waals surface area contributed by atoms with Gasteiger partial charge in [0.15, 0.2) is 12.3 Å². The molecule has 1 saturated heterocycles. The van der Waals surface area contributed by atoms with Crippen molar-refractivity contribution in [3.63, 3.8) is 0 Å². The van der Waals surface area contributed by atoms with E-state index >= 15 is 0 Å². The summed E-state index contributed by atoms with van der Waals surface area (Å²) in [7, 11) is 0. The van der Waals surface area contributed by atoms with Crippen molar-refractivity contribution in [2.45, 2.75) is 44.5 Å². The fourth-order valence-electron chi connectivity index (χ4n) is 5.74. The minimum Gasteiger partial charge on any atom is -0.482 e. The Labute approximate surface area is 253 Å². The number of aromatic nitrogens is 5. The zero-order valence-corrected chi connectivity index (χ0v) is 25.2. The second-order valence-corrected chi connectivity index (χ2v) is 12.5. The summed E-state index contributed by atoms with van der Waals surface area (Å²) in [5.74, 6) is 1.14. The van der Waals surface area contributed by atoms with Gasteiger partial charge in [-0.15, -0.1) is 0 Å². The Bertz CT molecular complexity index is 1680. The normalized spacial score (nSPS) is 18.7. The molecule has 2 unspecified atom stereocenters. The van der Waals surface area contributed by atoms with Crippen molar-refractivity contribution >= 4 is 46.0 Å². The molecule has 10 nitrogen and oxygen atoms in total. The zero-order chi connectivity index (χ0) is 29.4. The van der Waals surface area contributed by atoms with Crippen LogP contribution in [0.5, 0.6) is 5.75 Å². The molecule has 2 aliphatic heterocycles. The van der Waals surface area contributed by atoms with Crippen LogP contribution in [-0.2, 0) is 17.8 Å². The summed E-state index contributed by atoms with van der Waals surface area (Å²) in [6.07, 6.45) is 8.61. The van der Waals surface area contributed by atoms with E-state index in [1.54, 1.807) is 4.90 Å². The third-order valence-corrected chi connectivity index (χ3v) is 8.99. The number of pyridine rings is 1. The Balaban J connectivity index is 1.47. The molecule has 1 fully saturated rings. The highest BCUT2D eigenvalue weighted by Crippen LogP contribution is 2.41. The Morgan fingerprint density at radius 2 is 2.07 bits per heavy atom. The Hall–Kier alpha value is -3.72. The summed E-state index contributed by atoms with van der Waals surface area (Å²) in [5, 5.41) is 20.4. The minimum atomic E-state index is -0.191. The molecule has 0 bridgehead atoms. The first kappa shape index (κ1) is 28.4. The average molecular weight is 603 g/mol. The fraction of sp³-hybridized carbons (Fsp3) is 0.400. The number of nitrogens with zero attached hydrogens (tertiary/aromatic N) is 7. The van der Waals surface area contributed by atoms with Crippen molar-refractivity contribution in [1.82, 2.24) is 30.0 Å². The third kappa shape index (κ3) is 5.30. The van der Waals surface area contributed by atoms with Gasteiger partial charge in [-0.3, -0.25) is 9.69 Å². The van der Waals surface area contributed by atoms with E-state index in [1.807, 2.05) is 36.2 Å². The van der Waals surface area contributed by atoms with Crippen molar-refractivity contribution in [2.24, 2.45) is 5.92 Å². The number of nitrogens with one attached hydrogen (secondary N) is 1. The quantitative estimate of drug-likeness (QED) is 0.318. The van der Waals surface area contributed by atoms with E-state index in [1.165, 1.54) is 12.4 Å². The van der Waals surface area contributed by atoms with Gasteiger partial charge in [0, 0.05) is 35.1 Å². The van der Waals surface area contributed by atoms with E-state index in [2.05, 4.69) is 46.1 Å². The van der Waals surface area contributed by atoms with E-state index in [4.69, 9.17) is 26.4 Å². The monoisotopic (exact) mass is 602 g/mol. The van der Waals surface area contributed by atoms with Gasteiger partial charge < -0.3 is 10.1 Å². The molecule has 4 aromatic rings. The first-order valence-corrected chi connectivity index (χ1v) is 15.6. The number of carbonyl (C=O) groups excluding carboxylic acids is 1. The standard InChI is InChI=1S/C30H31ClN8O2S/c1-17(2)8-22-20(10-32)29(21-13-36-39(30(21)37-22)24-6-7-33-14-26(24)42-3)18-4-5-23-25(9-18)41-16-28(40)38(23)15-27-34-11-19(31)12-35-27/h4-5,9,11-13,17,24,26,33H,6-8,14-16H2,1-3H3. The number of hydrogen-bond donors (Lipinski definition) is 1. The van der Waals surface area contributed by atoms with Gasteiger partial charge in [0.1, 0.15) is 17.6 Å². The van der Waals surface area contributed by atoms with E-state index in [-0.39, 0.29) is 25.1 Å². The predicted molar refractivity (Wildman–Crippen MR) is 164 cm³/mol. The van der Waals surface area contributed by atoms with Crippen LogP contribution < -0.4 is 15.0 Å². The van der Waals surface area contributed by atoms with E-state index in [0.29, 0.717) is 45.4 Å². The van der Waals surface area contributed by atoms with Gasteiger partial charge in [-0.05, 0) is 49.3 Å². The van der Waals surface area contributed by atoms with Crippen molar-refractivity contribution in [1.29, 1.82) is 5.26 Å². The van der Waals surface area contributed by atoms with Crippen LogP contribution in [0.3, 0.4) is 0 Å². The molecule has 0 saturated carbocycles. The summed E-state index contributed by atoms with van der Waals surface area (Å²) in [6, 6.07) is 8.34. The molecule has 42 heavy (non-hydrogen) atoms. The molecule has 1 amide bonds. The number of anilines is 1. The topological polar surface area (TPSA) is 122 Å². The Morgan fingerprint density at radius 3 is 2.81 bits per heavy atom. The molecule has 1 aromatic carbocycles. The predicted octanol–water partition coefficient (Wildman–Crippen LogP) is 4.80. The first-order valence-electron chi connectivity index (χ1n) is 14.0. The van der Waals surface area contributed by atoms with Crippen LogP contribution in [0.2, 0.25) is 5.02 Å². The summed E-state index contributed by atoms with van der Waals surface area (Å²) < 4.78 is 7.97. The molecular formula is C30H31ClN8O2S. The third-order valence-electron chi connectivity index (χ3n) is 7.70. The number of benzene rings is 1. The Kier molecular flexibility index (Phi) is 8.03. The summed E-state index contributed by atoms with van der Waals surface area (Å²) >= 11 is 7.78. The second kappa shape index (κ2) is 11.9. The van der Waals surface area contributed by atoms with E-state index in [0.717, 1.165) is 47.4 Å². The molecule has 0 radical (unpaired) electrons. The van der Waals surface area contributed by atoms with Crippen LogP contribution >= 0.6 is 23.4 Å². The maximum atomic E-state index is 12.9. The maximum Gasteiger partial charge on any atom is 0.265 e. The van der Waals surface area contributed by atoms with Gasteiger partial charge >= 0.3 is 0 Å². The number of carbonyl (C=O) groups is 1. The van der Waals surface area contributed by atoms with Crippen LogP contribution in [0.25, 0.3) is 22.2 Å². The lowest BCUT2D eigenvalue weighted by molar-refractivity contribution is -0.121. The number of halogens is 1. The minimum absolute atomic E-state index is 0.108. The average Bonchev–Trinajstić information content (AvgIpc) is 3.41. The molecule has 12 heteroatoms. The largest absolute Gasteiger partial charge is 0.482 e. The van der Waals surface area contributed by atoms with Crippen molar-refractivity contribution in [3.8, 4) is 22.9 Å². The van der Waals surface area contributed by atoms with E-state index < -0.39 is 0 Å². The number of ether oxygens (including phenoxy) is 1. The van der Waals surface area contributed by atoms with Crippen molar-refractivity contribution in [3.05, 3.63) is 58.9 Å². The summed E-state index contributed by atoms with van der Waals surface area (Å²) in [4.78, 5) is 28.1. The molecule has 216 valence electrons.